The normalized spacial score (nSPS) is 20.5. The van der Waals surface area contributed by atoms with Gasteiger partial charge in [0.05, 0.1) is 19.3 Å². The first-order valence-corrected chi connectivity index (χ1v) is 8.95. The topological polar surface area (TPSA) is 106 Å². The highest BCUT2D eigenvalue weighted by atomic mass is 16.5. The number of hydrogen-bond donors (Lipinski definition) is 3. The van der Waals surface area contributed by atoms with E-state index in [9.17, 15) is 9.59 Å². The Kier molecular flexibility index (Phi) is 8.98. The van der Waals surface area contributed by atoms with Gasteiger partial charge in [0, 0.05) is 31.2 Å². The highest BCUT2D eigenvalue weighted by molar-refractivity contribution is 5.87. The maximum Gasteiger partial charge on any atom is 0.407 e. The van der Waals surface area contributed by atoms with Crippen molar-refractivity contribution in [1.82, 2.24) is 15.5 Å². The van der Waals surface area contributed by atoms with Gasteiger partial charge in [-0.2, -0.15) is 0 Å². The standard InChI is InChI=1S/C18H32N4O4/c1-6-13(11-19)20-14(7-2)15-9-8-10-22(15)17(23)16(12(3)25-4)21-18(24)26-5/h7,11-12,15-16,20H,6,8-10,19H2,1-5H3,(H,21,24)/b13-11-,14-7-/t12-,15-,16-/m0/s1. The quantitative estimate of drug-likeness (QED) is 0.599. The molecule has 8 heteroatoms. The number of hydrogen-bond acceptors (Lipinski definition) is 6. The second-order valence-corrected chi connectivity index (χ2v) is 6.16. The highest BCUT2D eigenvalue weighted by Crippen LogP contribution is 2.25. The number of nitrogens with zero attached hydrogens (tertiary/aromatic N) is 1. The van der Waals surface area contributed by atoms with Gasteiger partial charge in [-0.1, -0.05) is 13.0 Å². The van der Waals surface area contributed by atoms with Crippen LogP contribution in [0.2, 0.25) is 0 Å². The fourth-order valence-corrected chi connectivity index (χ4v) is 3.02. The molecule has 148 valence electrons. The summed E-state index contributed by atoms with van der Waals surface area (Å²) in [5, 5.41) is 5.91. The second-order valence-electron chi connectivity index (χ2n) is 6.16. The minimum absolute atomic E-state index is 0.0972. The molecular formula is C18H32N4O4. The van der Waals surface area contributed by atoms with Crippen LogP contribution in [0, 0.1) is 0 Å². The second kappa shape index (κ2) is 10.7. The maximum atomic E-state index is 13.1. The number of nitrogens with one attached hydrogen (secondary N) is 2. The number of carbonyl (C=O) groups is 2. The van der Waals surface area contributed by atoms with Gasteiger partial charge >= 0.3 is 6.09 Å². The molecule has 1 fully saturated rings. The minimum Gasteiger partial charge on any atom is -0.453 e. The first kappa shape index (κ1) is 21.8. The molecule has 0 saturated carbocycles. The number of carbonyl (C=O) groups excluding carboxylic acids is 2. The largest absolute Gasteiger partial charge is 0.453 e. The average Bonchev–Trinajstić information content (AvgIpc) is 3.15. The number of nitrogens with two attached hydrogens (primary N) is 1. The summed E-state index contributed by atoms with van der Waals surface area (Å²) >= 11 is 0. The number of allylic oxidation sites excluding steroid dienone is 2. The van der Waals surface area contributed by atoms with E-state index in [1.807, 2.05) is 19.9 Å². The number of amides is 2. The zero-order valence-corrected chi connectivity index (χ0v) is 16.4. The average molecular weight is 368 g/mol. The SMILES string of the molecule is C/C=C(\N/C(=C\N)CC)[C@@H]1CCCN1C(=O)[C@@H](NC(=O)OC)[C@H](C)OC. The van der Waals surface area contributed by atoms with E-state index >= 15 is 0 Å². The molecule has 8 nitrogen and oxygen atoms in total. The van der Waals surface area contributed by atoms with Gasteiger partial charge in [-0.05, 0) is 33.1 Å². The van der Waals surface area contributed by atoms with Gasteiger partial charge < -0.3 is 30.7 Å². The van der Waals surface area contributed by atoms with Gasteiger partial charge in [0.2, 0.25) is 5.91 Å². The summed E-state index contributed by atoms with van der Waals surface area (Å²) in [4.78, 5) is 26.6. The first-order valence-electron chi connectivity index (χ1n) is 8.95. The molecule has 0 unspecified atom stereocenters. The highest BCUT2D eigenvalue weighted by Gasteiger charge is 2.38. The number of rotatable bonds is 8. The van der Waals surface area contributed by atoms with Crippen molar-refractivity contribution >= 4 is 12.0 Å². The lowest BCUT2D eigenvalue weighted by atomic mass is 10.1. The monoisotopic (exact) mass is 368 g/mol. The Labute approximate surface area is 155 Å². The molecule has 1 saturated heterocycles. The Morgan fingerprint density at radius 2 is 2.08 bits per heavy atom. The van der Waals surface area contributed by atoms with Gasteiger partial charge in [-0.25, -0.2) is 4.79 Å². The lowest BCUT2D eigenvalue weighted by molar-refractivity contribution is -0.136. The van der Waals surface area contributed by atoms with E-state index < -0.39 is 18.2 Å². The van der Waals surface area contributed by atoms with E-state index in [1.165, 1.54) is 14.2 Å². The Balaban J connectivity index is 3.01. The molecule has 1 heterocycles. The third kappa shape index (κ3) is 5.39. The molecule has 0 bridgehead atoms. The molecule has 0 aromatic heterocycles. The molecule has 1 rings (SSSR count). The lowest BCUT2D eigenvalue weighted by Gasteiger charge is -2.33. The van der Waals surface area contributed by atoms with Gasteiger partial charge in [0.15, 0.2) is 0 Å². The summed E-state index contributed by atoms with van der Waals surface area (Å²) in [7, 11) is 2.77. The van der Waals surface area contributed by atoms with E-state index in [0.29, 0.717) is 6.54 Å². The third-order valence-corrected chi connectivity index (χ3v) is 4.66. The summed E-state index contributed by atoms with van der Waals surface area (Å²) in [5.74, 6) is -0.192. The molecule has 4 N–H and O–H groups in total. The van der Waals surface area contributed by atoms with Crippen LogP contribution in [-0.4, -0.2) is 55.9 Å². The van der Waals surface area contributed by atoms with Crippen LogP contribution in [0.4, 0.5) is 4.79 Å². The predicted octanol–water partition coefficient (Wildman–Crippen LogP) is 1.44. The van der Waals surface area contributed by atoms with E-state index in [1.54, 1.807) is 18.0 Å². The molecule has 0 radical (unpaired) electrons. The molecule has 1 aliphatic rings. The predicted molar refractivity (Wildman–Crippen MR) is 100.0 cm³/mol. The Bertz CT molecular complexity index is 547. The Morgan fingerprint density at radius 3 is 2.58 bits per heavy atom. The molecule has 0 aliphatic carbocycles. The summed E-state index contributed by atoms with van der Waals surface area (Å²) in [5.41, 5.74) is 7.47. The molecule has 0 spiro atoms. The van der Waals surface area contributed by atoms with Crippen molar-refractivity contribution in [2.45, 2.75) is 58.2 Å². The molecule has 3 atom stereocenters. The lowest BCUT2D eigenvalue weighted by Crippen LogP contribution is -2.55. The van der Waals surface area contributed by atoms with E-state index in [0.717, 1.165) is 30.7 Å². The van der Waals surface area contributed by atoms with Crippen molar-refractivity contribution in [2.75, 3.05) is 20.8 Å². The Hall–Kier alpha value is -2.22. The van der Waals surface area contributed by atoms with Gasteiger partial charge in [-0.3, -0.25) is 4.79 Å². The van der Waals surface area contributed by atoms with Gasteiger partial charge in [0.25, 0.3) is 0 Å². The molecule has 0 aromatic rings. The van der Waals surface area contributed by atoms with Crippen LogP contribution in [-0.2, 0) is 14.3 Å². The van der Waals surface area contributed by atoms with Crippen LogP contribution in [0.15, 0.2) is 23.7 Å². The van der Waals surface area contributed by atoms with E-state index in [-0.39, 0.29) is 11.9 Å². The number of methoxy groups -OCH3 is 2. The minimum atomic E-state index is -0.818. The number of likely N-dealkylation sites (tertiary alicyclic amines) is 1. The summed E-state index contributed by atoms with van der Waals surface area (Å²) in [6.07, 6.45) is 4.84. The fourth-order valence-electron chi connectivity index (χ4n) is 3.02. The molecule has 1 aliphatic heterocycles. The first-order chi connectivity index (χ1) is 12.4. The zero-order chi connectivity index (χ0) is 19.7. The fraction of sp³-hybridized carbons (Fsp3) is 0.667. The van der Waals surface area contributed by atoms with Crippen molar-refractivity contribution < 1.29 is 19.1 Å². The van der Waals surface area contributed by atoms with Gasteiger partial charge in [-0.15, -0.1) is 0 Å². The number of ether oxygens (including phenoxy) is 2. The maximum absolute atomic E-state index is 13.1. The molecule has 0 aromatic carbocycles. The van der Waals surface area contributed by atoms with Crippen LogP contribution in [0.25, 0.3) is 0 Å². The summed E-state index contributed by atoms with van der Waals surface area (Å²) in [6.45, 7) is 6.29. The number of alkyl carbamates (subject to hydrolysis) is 1. The van der Waals surface area contributed by atoms with Crippen molar-refractivity contribution in [2.24, 2.45) is 5.73 Å². The zero-order valence-electron chi connectivity index (χ0n) is 16.4. The van der Waals surface area contributed by atoms with E-state index in [2.05, 4.69) is 15.4 Å². The van der Waals surface area contributed by atoms with Crippen LogP contribution in [0.3, 0.4) is 0 Å². The van der Waals surface area contributed by atoms with Crippen molar-refractivity contribution in [1.29, 1.82) is 0 Å². The molecular weight excluding hydrogens is 336 g/mol. The van der Waals surface area contributed by atoms with Crippen molar-refractivity contribution in [3.8, 4) is 0 Å². The smallest absolute Gasteiger partial charge is 0.407 e. The summed E-state index contributed by atoms with van der Waals surface area (Å²) < 4.78 is 9.93. The van der Waals surface area contributed by atoms with Crippen LogP contribution < -0.4 is 16.4 Å². The van der Waals surface area contributed by atoms with Gasteiger partial charge in [0.1, 0.15) is 6.04 Å². The van der Waals surface area contributed by atoms with Crippen LogP contribution >= 0.6 is 0 Å². The molecule has 26 heavy (non-hydrogen) atoms. The summed E-state index contributed by atoms with van der Waals surface area (Å²) in [6, 6.07) is -0.915. The molecule has 2 amide bonds. The Morgan fingerprint density at radius 1 is 1.38 bits per heavy atom. The van der Waals surface area contributed by atoms with Crippen molar-refractivity contribution in [3.63, 3.8) is 0 Å². The van der Waals surface area contributed by atoms with E-state index in [4.69, 9.17) is 10.5 Å². The van der Waals surface area contributed by atoms with Crippen LogP contribution in [0.5, 0.6) is 0 Å². The third-order valence-electron chi connectivity index (χ3n) is 4.66. The van der Waals surface area contributed by atoms with Crippen molar-refractivity contribution in [3.05, 3.63) is 23.7 Å². The van der Waals surface area contributed by atoms with Crippen LogP contribution in [0.1, 0.15) is 40.0 Å².